The van der Waals surface area contributed by atoms with Gasteiger partial charge in [-0.05, 0) is 36.8 Å². The van der Waals surface area contributed by atoms with E-state index in [2.05, 4.69) is 0 Å². The standard InChI is InChI=1S/C27H24FN3O3S/c1-18-25(20-8-4-3-5-9-20)29-27(35-18)31(23-11-7-6-10-22(23)28)16-19-12-14-21(15-13-19)26(34)30(2)17-24(32)33/h3-15H,16-17H2,1-2H3,(H,32,33). The van der Waals surface area contributed by atoms with Crippen molar-refractivity contribution in [2.45, 2.75) is 13.5 Å². The van der Waals surface area contributed by atoms with Gasteiger partial charge in [0.1, 0.15) is 12.4 Å². The van der Waals surface area contributed by atoms with Crippen molar-refractivity contribution in [3.63, 3.8) is 0 Å². The molecule has 0 saturated heterocycles. The highest BCUT2D eigenvalue weighted by molar-refractivity contribution is 7.16. The molecule has 4 aromatic rings. The number of hydrogen-bond acceptors (Lipinski definition) is 5. The van der Waals surface area contributed by atoms with Crippen LogP contribution < -0.4 is 4.90 Å². The molecule has 0 bridgehead atoms. The minimum atomic E-state index is -1.08. The van der Waals surface area contributed by atoms with Crippen molar-refractivity contribution in [2.75, 3.05) is 18.5 Å². The summed E-state index contributed by atoms with van der Waals surface area (Å²) in [5, 5.41) is 9.58. The van der Waals surface area contributed by atoms with E-state index in [1.54, 1.807) is 42.5 Å². The second-order valence-corrected chi connectivity index (χ2v) is 9.24. The summed E-state index contributed by atoms with van der Waals surface area (Å²) in [6.07, 6.45) is 0. The molecular weight excluding hydrogens is 465 g/mol. The first-order valence-corrected chi connectivity index (χ1v) is 11.8. The first-order valence-electron chi connectivity index (χ1n) is 10.9. The van der Waals surface area contributed by atoms with E-state index in [9.17, 15) is 14.0 Å². The largest absolute Gasteiger partial charge is 0.480 e. The summed E-state index contributed by atoms with van der Waals surface area (Å²) >= 11 is 1.49. The predicted octanol–water partition coefficient (Wildman–Crippen LogP) is 5.75. The minimum Gasteiger partial charge on any atom is -0.480 e. The third-order valence-electron chi connectivity index (χ3n) is 5.47. The first kappa shape index (κ1) is 24.1. The Kier molecular flexibility index (Phi) is 7.22. The van der Waals surface area contributed by atoms with E-state index in [0.29, 0.717) is 22.9 Å². The van der Waals surface area contributed by atoms with Crippen molar-refractivity contribution >= 4 is 34.0 Å². The van der Waals surface area contributed by atoms with Crippen molar-refractivity contribution in [1.82, 2.24) is 9.88 Å². The lowest BCUT2D eigenvalue weighted by atomic mass is 10.1. The van der Waals surface area contributed by atoms with Crippen LogP contribution in [0.15, 0.2) is 78.9 Å². The molecule has 1 aromatic heterocycles. The van der Waals surface area contributed by atoms with Crippen LogP contribution in [-0.2, 0) is 11.3 Å². The molecule has 3 aromatic carbocycles. The van der Waals surface area contributed by atoms with Crippen LogP contribution in [0.3, 0.4) is 0 Å². The van der Waals surface area contributed by atoms with Crippen LogP contribution in [-0.4, -0.2) is 40.5 Å². The molecule has 0 unspecified atom stereocenters. The van der Waals surface area contributed by atoms with Crippen LogP contribution in [0.4, 0.5) is 15.2 Å². The molecule has 0 atom stereocenters. The number of carbonyl (C=O) groups excluding carboxylic acids is 1. The Balaban J connectivity index is 1.65. The number of para-hydroxylation sites is 1. The van der Waals surface area contributed by atoms with Gasteiger partial charge in [0.2, 0.25) is 0 Å². The Morgan fingerprint density at radius 1 is 0.971 bits per heavy atom. The molecule has 0 saturated carbocycles. The van der Waals surface area contributed by atoms with Crippen molar-refractivity contribution in [2.24, 2.45) is 0 Å². The highest BCUT2D eigenvalue weighted by Crippen LogP contribution is 2.37. The molecule has 1 amide bonds. The normalized spacial score (nSPS) is 10.7. The molecule has 4 rings (SSSR count). The van der Waals surface area contributed by atoms with Gasteiger partial charge in [0, 0.05) is 23.1 Å². The summed E-state index contributed by atoms with van der Waals surface area (Å²) in [5.74, 6) is -1.82. The topological polar surface area (TPSA) is 73.7 Å². The maximum atomic E-state index is 14.9. The second-order valence-electron chi connectivity index (χ2n) is 8.06. The Morgan fingerprint density at radius 2 is 1.63 bits per heavy atom. The predicted molar refractivity (Wildman–Crippen MR) is 136 cm³/mol. The van der Waals surface area contributed by atoms with Gasteiger partial charge in [-0.1, -0.05) is 54.6 Å². The van der Waals surface area contributed by atoms with E-state index in [4.69, 9.17) is 10.1 Å². The monoisotopic (exact) mass is 489 g/mol. The van der Waals surface area contributed by atoms with E-state index in [1.165, 1.54) is 24.5 Å². The number of carbonyl (C=O) groups is 2. The number of benzene rings is 3. The van der Waals surface area contributed by atoms with Crippen LogP contribution >= 0.6 is 11.3 Å². The minimum absolute atomic E-state index is 0.335. The SMILES string of the molecule is Cc1sc(N(Cc2ccc(C(=O)N(C)CC(=O)O)cc2)c2ccccc2F)nc1-c1ccccc1. The van der Waals surface area contributed by atoms with Gasteiger partial charge in [0.05, 0.1) is 17.9 Å². The van der Waals surface area contributed by atoms with Gasteiger partial charge in [0.15, 0.2) is 5.13 Å². The van der Waals surface area contributed by atoms with Gasteiger partial charge in [-0.25, -0.2) is 9.37 Å². The molecule has 6 nitrogen and oxygen atoms in total. The third-order valence-corrected chi connectivity index (χ3v) is 6.46. The molecule has 1 heterocycles. The molecule has 0 radical (unpaired) electrons. The summed E-state index contributed by atoms with van der Waals surface area (Å²) in [4.78, 5) is 32.2. The van der Waals surface area contributed by atoms with Crippen molar-refractivity contribution in [3.8, 4) is 11.3 Å². The number of thiazole rings is 1. The molecule has 0 fully saturated rings. The summed E-state index contributed by atoms with van der Waals surface area (Å²) < 4.78 is 14.9. The van der Waals surface area contributed by atoms with Crippen molar-refractivity contribution < 1.29 is 19.1 Å². The van der Waals surface area contributed by atoms with Crippen LogP contribution in [0.5, 0.6) is 0 Å². The molecule has 0 aliphatic heterocycles. The lowest BCUT2D eigenvalue weighted by molar-refractivity contribution is -0.137. The Labute approximate surface area is 206 Å². The number of aliphatic carboxylic acids is 1. The van der Waals surface area contributed by atoms with Gasteiger partial charge in [-0.3, -0.25) is 9.59 Å². The van der Waals surface area contributed by atoms with Gasteiger partial charge in [0.25, 0.3) is 5.91 Å². The number of halogens is 1. The Bertz CT molecular complexity index is 1340. The van der Waals surface area contributed by atoms with E-state index in [1.807, 2.05) is 42.2 Å². The Hall–Kier alpha value is -4.04. The van der Waals surface area contributed by atoms with E-state index < -0.39 is 5.97 Å². The van der Waals surface area contributed by atoms with E-state index in [-0.39, 0.29) is 18.3 Å². The number of nitrogens with zero attached hydrogens (tertiary/aromatic N) is 3. The molecular formula is C27H24FN3O3S. The molecule has 1 N–H and O–H groups in total. The number of carboxylic acids is 1. The molecule has 8 heteroatoms. The average Bonchev–Trinajstić information content (AvgIpc) is 3.24. The van der Waals surface area contributed by atoms with Crippen molar-refractivity contribution in [1.29, 1.82) is 0 Å². The highest BCUT2D eigenvalue weighted by Gasteiger charge is 2.21. The van der Waals surface area contributed by atoms with Crippen LogP contribution in [0, 0.1) is 12.7 Å². The quantitative estimate of drug-likeness (QED) is 0.341. The van der Waals surface area contributed by atoms with Gasteiger partial charge in [-0.15, -0.1) is 11.3 Å². The maximum absolute atomic E-state index is 14.9. The number of rotatable bonds is 8. The van der Waals surface area contributed by atoms with Gasteiger partial charge < -0.3 is 14.9 Å². The van der Waals surface area contributed by atoms with Gasteiger partial charge >= 0.3 is 5.97 Å². The summed E-state index contributed by atoms with van der Waals surface area (Å²) in [6, 6.07) is 23.3. The summed E-state index contributed by atoms with van der Waals surface area (Å²) in [5.41, 5.74) is 3.48. The fourth-order valence-electron chi connectivity index (χ4n) is 3.72. The van der Waals surface area contributed by atoms with Gasteiger partial charge in [-0.2, -0.15) is 0 Å². The highest BCUT2D eigenvalue weighted by atomic mass is 32.1. The van der Waals surface area contributed by atoms with E-state index in [0.717, 1.165) is 26.6 Å². The number of aromatic nitrogens is 1. The lowest BCUT2D eigenvalue weighted by Crippen LogP contribution is -2.31. The molecule has 35 heavy (non-hydrogen) atoms. The number of hydrogen-bond donors (Lipinski definition) is 1. The lowest BCUT2D eigenvalue weighted by Gasteiger charge is -2.23. The zero-order valence-corrected chi connectivity index (χ0v) is 20.1. The summed E-state index contributed by atoms with van der Waals surface area (Å²) in [6.45, 7) is 1.95. The van der Waals surface area contributed by atoms with Crippen molar-refractivity contribution in [3.05, 3.63) is 101 Å². The number of anilines is 2. The maximum Gasteiger partial charge on any atom is 0.323 e. The number of carboxylic acid groups (broad SMARTS) is 1. The number of likely N-dealkylation sites (N-methyl/N-ethyl adjacent to an activating group) is 1. The van der Waals surface area contributed by atoms with Crippen LogP contribution in [0.2, 0.25) is 0 Å². The third kappa shape index (κ3) is 5.55. The van der Waals surface area contributed by atoms with Crippen LogP contribution in [0.1, 0.15) is 20.8 Å². The fourth-order valence-corrected chi connectivity index (χ4v) is 4.66. The average molecular weight is 490 g/mol. The fraction of sp³-hybridized carbons (Fsp3) is 0.148. The molecule has 0 spiro atoms. The first-order chi connectivity index (χ1) is 16.8. The zero-order chi connectivity index (χ0) is 24.9. The second kappa shape index (κ2) is 10.5. The number of aryl methyl sites for hydroxylation is 1. The van der Waals surface area contributed by atoms with E-state index >= 15 is 0 Å². The Morgan fingerprint density at radius 3 is 2.29 bits per heavy atom. The summed E-state index contributed by atoms with van der Waals surface area (Å²) in [7, 11) is 1.44. The molecule has 178 valence electrons. The smallest absolute Gasteiger partial charge is 0.323 e. The molecule has 0 aliphatic rings. The van der Waals surface area contributed by atoms with Crippen LogP contribution in [0.25, 0.3) is 11.3 Å². The zero-order valence-electron chi connectivity index (χ0n) is 19.3. The molecule has 0 aliphatic carbocycles. The number of amides is 1.